The third-order valence-electron chi connectivity index (χ3n) is 2.43. The first-order valence-electron chi connectivity index (χ1n) is 6.32. The summed E-state index contributed by atoms with van der Waals surface area (Å²) in [6, 6.07) is -0.849. The summed E-state index contributed by atoms with van der Waals surface area (Å²) >= 11 is 0. The summed E-state index contributed by atoms with van der Waals surface area (Å²) in [5.74, 6) is -0.948. The Morgan fingerprint density at radius 2 is 1.95 bits per heavy atom. The van der Waals surface area contributed by atoms with Crippen molar-refractivity contribution in [3.8, 4) is 0 Å². The molecule has 0 saturated carbocycles. The van der Waals surface area contributed by atoms with Gasteiger partial charge in [0.15, 0.2) is 0 Å². The van der Waals surface area contributed by atoms with E-state index in [1.807, 2.05) is 0 Å². The van der Waals surface area contributed by atoms with Gasteiger partial charge in [0.1, 0.15) is 11.8 Å². The van der Waals surface area contributed by atoms with Crippen molar-refractivity contribution in [1.29, 1.82) is 0 Å². The minimum atomic E-state index is -1.02. The highest BCUT2D eigenvalue weighted by molar-refractivity contribution is 5.75. The van der Waals surface area contributed by atoms with Gasteiger partial charge in [0.05, 0.1) is 6.61 Å². The van der Waals surface area contributed by atoms with Gasteiger partial charge < -0.3 is 25.7 Å². The lowest BCUT2D eigenvalue weighted by molar-refractivity contribution is -0.138. The molecule has 0 rings (SSSR count). The predicted octanol–water partition coefficient (Wildman–Crippen LogP) is 0.664. The molecule has 1 unspecified atom stereocenters. The molecule has 1 amide bonds. The van der Waals surface area contributed by atoms with Gasteiger partial charge in [0.25, 0.3) is 0 Å². The van der Waals surface area contributed by atoms with Crippen molar-refractivity contribution in [2.45, 2.75) is 45.1 Å². The molecule has 0 radical (unpaired) electrons. The number of nitrogens with one attached hydrogen (secondary N) is 1. The first-order chi connectivity index (χ1) is 8.93. The largest absolute Gasteiger partial charge is 0.480 e. The number of carboxylic acids is 1. The van der Waals surface area contributed by atoms with Gasteiger partial charge in [-0.05, 0) is 32.6 Å². The quantitative estimate of drug-likeness (QED) is 0.504. The highest BCUT2D eigenvalue weighted by Crippen LogP contribution is 1.98. The zero-order valence-corrected chi connectivity index (χ0v) is 11.2. The molecule has 0 aliphatic rings. The van der Waals surface area contributed by atoms with Crippen LogP contribution in [-0.2, 0) is 14.3 Å². The van der Waals surface area contributed by atoms with Crippen LogP contribution in [0.4, 0.5) is 4.79 Å². The molecule has 110 valence electrons. The lowest BCUT2D eigenvalue weighted by Gasteiger charge is -2.07. The molecule has 1 atom stereocenters. The van der Waals surface area contributed by atoms with Crippen LogP contribution >= 0.6 is 0 Å². The Morgan fingerprint density at radius 3 is 2.53 bits per heavy atom. The summed E-state index contributed by atoms with van der Waals surface area (Å²) < 4.78 is 4.84. The second-order valence-corrected chi connectivity index (χ2v) is 4.31. The normalized spacial score (nSPS) is 11.7. The summed E-state index contributed by atoms with van der Waals surface area (Å²) in [4.78, 5) is 32.2. The van der Waals surface area contributed by atoms with Crippen molar-refractivity contribution in [3.05, 3.63) is 0 Å². The van der Waals surface area contributed by atoms with E-state index in [-0.39, 0.29) is 12.4 Å². The van der Waals surface area contributed by atoms with Gasteiger partial charge in [0, 0.05) is 13.0 Å². The number of alkyl carbamates (subject to hydrolysis) is 1. The minimum Gasteiger partial charge on any atom is -0.480 e. The SMILES string of the molecule is CC(=O)CCCOC(=O)NCCCCC(N)C(=O)O. The molecule has 0 aromatic heterocycles. The summed E-state index contributed by atoms with van der Waals surface area (Å²) in [5.41, 5.74) is 5.32. The number of Topliss-reactive ketones (excluding diaryl/α,β-unsaturated/α-hetero) is 1. The van der Waals surface area contributed by atoms with Crippen molar-refractivity contribution in [1.82, 2.24) is 5.32 Å². The number of carbonyl (C=O) groups is 3. The van der Waals surface area contributed by atoms with Crippen LogP contribution in [0.3, 0.4) is 0 Å². The van der Waals surface area contributed by atoms with E-state index < -0.39 is 18.1 Å². The number of hydrogen-bond donors (Lipinski definition) is 3. The van der Waals surface area contributed by atoms with Crippen molar-refractivity contribution in [2.75, 3.05) is 13.2 Å². The number of unbranched alkanes of at least 4 members (excludes halogenated alkanes) is 1. The number of ketones is 1. The van der Waals surface area contributed by atoms with Crippen LogP contribution in [0.15, 0.2) is 0 Å². The number of ether oxygens (including phenoxy) is 1. The number of rotatable bonds is 10. The second-order valence-electron chi connectivity index (χ2n) is 4.31. The molecule has 19 heavy (non-hydrogen) atoms. The number of nitrogens with two attached hydrogens (primary N) is 1. The van der Waals surface area contributed by atoms with Gasteiger partial charge in [-0.3, -0.25) is 4.79 Å². The van der Waals surface area contributed by atoms with Crippen LogP contribution in [0.2, 0.25) is 0 Å². The molecular formula is C12H22N2O5. The summed E-state index contributed by atoms with van der Waals surface area (Å²) in [5, 5.41) is 11.1. The van der Waals surface area contributed by atoms with Crippen molar-refractivity contribution in [3.63, 3.8) is 0 Å². The monoisotopic (exact) mass is 274 g/mol. The van der Waals surface area contributed by atoms with Crippen LogP contribution in [0.5, 0.6) is 0 Å². The molecule has 0 aromatic rings. The standard InChI is InChI=1S/C12H22N2O5/c1-9(15)5-4-8-19-12(18)14-7-3-2-6-10(13)11(16)17/h10H,2-8,13H2,1H3,(H,14,18)(H,16,17). The van der Waals surface area contributed by atoms with Crippen LogP contribution in [0.25, 0.3) is 0 Å². The predicted molar refractivity (Wildman–Crippen MR) is 68.7 cm³/mol. The maximum absolute atomic E-state index is 11.2. The van der Waals surface area contributed by atoms with Crippen molar-refractivity contribution >= 4 is 17.8 Å². The molecule has 4 N–H and O–H groups in total. The Balaban J connectivity index is 3.39. The van der Waals surface area contributed by atoms with Crippen molar-refractivity contribution in [2.24, 2.45) is 5.73 Å². The topological polar surface area (TPSA) is 119 Å². The van der Waals surface area contributed by atoms with Crippen LogP contribution < -0.4 is 11.1 Å². The third kappa shape index (κ3) is 11.2. The zero-order chi connectivity index (χ0) is 14.7. The average Bonchev–Trinajstić information content (AvgIpc) is 2.33. The number of aliphatic carboxylic acids is 1. The lowest BCUT2D eigenvalue weighted by Crippen LogP contribution is -2.30. The van der Waals surface area contributed by atoms with Gasteiger partial charge in [-0.25, -0.2) is 4.79 Å². The molecule has 0 spiro atoms. The zero-order valence-electron chi connectivity index (χ0n) is 11.2. The van der Waals surface area contributed by atoms with Crippen LogP contribution in [-0.4, -0.2) is 42.1 Å². The fourth-order valence-electron chi connectivity index (χ4n) is 1.34. The number of amides is 1. The highest BCUT2D eigenvalue weighted by Gasteiger charge is 2.10. The average molecular weight is 274 g/mol. The Bertz CT molecular complexity index is 306. The van der Waals surface area contributed by atoms with E-state index in [2.05, 4.69) is 5.32 Å². The highest BCUT2D eigenvalue weighted by atomic mass is 16.5. The van der Waals surface area contributed by atoms with Gasteiger partial charge in [-0.1, -0.05) is 0 Å². The van der Waals surface area contributed by atoms with E-state index in [0.29, 0.717) is 38.6 Å². The summed E-state index contributed by atoms with van der Waals surface area (Å²) in [6.45, 7) is 2.12. The van der Waals surface area contributed by atoms with E-state index in [1.54, 1.807) is 0 Å². The molecule has 0 aliphatic carbocycles. The summed E-state index contributed by atoms with van der Waals surface area (Å²) in [6.07, 6.45) is 2.05. The fraction of sp³-hybridized carbons (Fsp3) is 0.750. The van der Waals surface area contributed by atoms with Crippen LogP contribution in [0.1, 0.15) is 39.0 Å². The van der Waals surface area contributed by atoms with E-state index >= 15 is 0 Å². The van der Waals surface area contributed by atoms with Gasteiger partial charge in [0.2, 0.25) is 0 Å². The van der Waals surface area contributed by atoms with E-state index in [1.165, 1.54) is 6.92 Å². The Labute approximate surface area is 112 Å². The molecule has 0 heterocycles. The second kappa shape index (κ2) is 10.3. The van der Waals surface area contributed by atoms with E-state index in [4.69, 9.17) is 15.6 Å². The molecule has 7 heteroatoms. The molecule has 0 saturated heterocycles. The van der Waals surface area contributed by atoms with E-state index in [0.717, 1.165) is 0 Å². The Morgan fingerprint density at radius 1 is 1.26 bits per heavy atom. The van der Waals surface area contributed by atoms with Gasteiger partial charge >= 0.3 is 12.1 Å². The Hall–Kier alpha value is -1.63. The maximum Gasteiger partial charge on any atom is 0.407 e. The molecule has 7 nitrogen and oxygen atoms in total. The molecule has 0 aliphatic heterocycles. The van der Waals surface area contributed by atoms with Crippen molar-refractivity contribution < 1.29 is 24.2 Å². The first kappa shape index (κ1) is 17.4. The summed E-state index contributed by atoms with van der Waals surface area (Å²) in [7, 11) is 0. The fourth-order valence-corrected chi connectivity index (χ4v) is 1.34. The van der Waals surface area contributed by atoms with Gasteiger partial charge in [-0.15, -0.1) is 0 Å². The number of carbonyl (C=O) groups excluding carboxylic acids is 2. The first-order valence-corrected chi connectivity index (χ1v) is 6.32. The van der Waals surface area contributed by atoms with E-state index in [9.17, 15) is 14.4 Å². The smallest absolute Gasteiger partial charge is 0.407 e. The Kier molecular flexibility index (Phi) is 9.42. The molecule has 0 fully saturated rings. The molecular weight excluding hydrogens is 252 g/mol. The minimum absolute atomic E-state index is 0.0683. The molecule has 0 aromatic carbocycles. The number of hydrogen-bond acceptors (Lipinski definition) is 5. The van der Waals surface area contributed by atoms with Crippen LogP contribution in [0, 0.1) is 0 Å². The third-order valence-corrected chi connectivity index (χ3v) is 2.43. The molecule has 0 bridgehead atoms. The van der Waals surface area contributed by atoms with Gasteiger partial charge in [-0.2, -0.15) is 0 Å². The maximum atomic E-state index is 11.2. The lowest BCUT2D eigenvalue weighted by atomic mass is 10.1. The number of carboxylic acid groups (broad SMARTS) is 1.